The zero-order chi connectivity index (χ0) is 11.5. The fourth-order valence-corrected chi connectivity index (χ4v) is 1.22. The van der Waals surface area contributed by atoms with Gasteiger partial charge in [0.25, 0.3) is 0 Å². The predicted molar refractivity (Wildman–Crippen MR) is 64.9 cm³/mol. The molecule has 0 fully saturated rings. The summed E-state index contributed by atoms with van der Waals surface area (Å²) in [6, 6.07) is 7.45. The van der Waals surface area contributed by atoms with Crippen molar-refractivity contribution in [2.75, 3.05) is 0 Å². The molecule has 1 nitrogen and oxygen atoms in total. The first kappa shape index (κ1) is 12.0. The van der Waals surface area contributed by atoms with E-state index in [-0.39, 0.29) is 11.2 Å². The van der Waals surface area contributed by atoms with Crippen LogP contribution < -0.4 is 0 Å². The van der Waals surface area contributed by atoms with Crippen molar-refractivity contribution in [3.05, 3.63) is 40.9 Å². The summed E-state index contributed by atoms with van der Waals surface area (Å²) in [5.74, 6) is 0.0995. The molecule has 0 spiro atoms. The van der Waals surface area contributed by atoms with E-state index in [4.69, 9.17) is 11.6 Å². The minimum absolute atomic E-state index is 0.0995. The van der Waals surface area contributed by atoms with Crippen LogP contribution in [0.3, 0.4) is 0 Å². The van der Waals surface area contributed by atoms with Gasteiger partial charge in [-0.3, -0.25) is 4.79 Å². The zero-order valence-corrected chi connectivity index (χ0v) is 10.0. The van der Waals surface area contributed by atoms with Crippen LogP contribution in [0, 0.1) is 5.41 Å². The third kappa shape index (κ3) is 3.52. The summed E-state index contributed by atoms with van der Waals surface area (Å²) in [6.45, 7) is 5.69. The van der Waals surface area contributed by atoms with Crippen LogP contribution in [-0.4, -0.2) is 5.78 Å². The molecule has 0 aliphatic carbocycles. The molecule has 0 aliphatic heterocycles. The average molecular weight is 223 g/mol. The fraction of sp³-hybridized carbons (Fsp3) is 0.308. The van der Waals surface area contributed by atoms with Crippen molar-refractivity contribution in [3.63, 3.8) is 0 Å². The van der Waals surface area contributed by atoms with Crippen LogP contribution in [0.2, 0.25) is 5.02 Å². The number of hydrogen-bond donors (Lipinski definition) is 0. The fourth-order valence-electron chi connectivity index (χ4n) is 1.03. The van der Waals surface area contributed by atoms with Crippen LogP contribution in [0.1, 0.15) is 26.3 Å². The SMILES string of the molecule is CC(C)(C)C(=O)/C=C\c1ccccc1Cl. The van der Waals surface area contributed by atoms with Crippen LogP contribution in [0.25, 0.3) is 6.08 Å². The van der Waals surface area contributed by atoms with E-state index >= 15 is 0 Å². The number of ketones is 1. The van der Waals surface area contributed by atoms with Gasteiger partial charge < -0.3 is 0 Å². The lowest BCUT2D eigenvalue weighted by Gasteiger charge is -2.12. The Morgan fingerprint density at radius 3 is 2.40 bits per heavy atom. The Bertz CT molecular complexity index is 386. The summed E-state index contributed by atoms with van der Waals surface area (Å²) in [4.78, 5) is 11.6. The first-order valence-electron chi connectivity index (χ1n) is 4.88. The standard InChI is InChI=1S/C13H15ClO/c1-13(2,3)12(15)9-8-10-6-4-5-7-11(10)14/h4-9H,1-3H3/b9-8-. The maximum absolute atomic E-state index is 11.6. The quantitative estimate of drug-likeness (QED) is 0.692. The first-order valence-corrected chi connectivity index (χ1v) is 5.26. The topological polar surface area (TPSA) is 17.1 Å². The van der Waals surface area contributed by atoms with Gasteiger partial charge in [-0.15, -0.1) is 0 Å². The molecule has 0 saturated heterocycles. The Morgan fingerprint density at radius 2 is 1.87 bits per heavy atom. The molecule has 0 amide bonds. The normalized spacial score (nSPS) is 12.0. The predicted octanol–water partition coefficient (Wildman–Crippen LogP) is 3.97. The Labute approximate surface area is 95.8 Å². The molecule has 1 aromatic rings. The molecule has 0 aromatic heterocycles. The average Bonchev–Trinajstić information content (AvgIpc) is 2.14. The highest BCUT2D eigenvalue weighted by Gasteiger charge is 2.17. The van der Waals surface area contributed by atoms with Crippen LogP contribution in [0.4, 0.5) is 0 Å². The number of halogens is 1. The second kappa shape index (κ2) is 4.63. The largest absolute Gasteiger partial charge is 0.294 e. The van der Waals surface area contributed by atoms with Gasteiger partial charge in [0.15, 0.2) is 5.78 Å². The first-order chi connectivity index (χ1) is 6.91. The summed E-state index contributed by atoms with van der Waals surface area (Å²) >= 11 is 5.96. The molecule has 0 saturated carbocycles. The lowest BCUT2D eigenvalue weighted by molar-refractivity contribution is -0.121. The molecule has 2 heteroatoms. The number of hydrogen-bond acceptors (Lipinski definition) is 1. The lowest BCUT2D eigenvalue weighted by Crippen LogP contribution is -2.17. The van der Waals surface area contributed by atoms with Crippen molar-refractivity contribution in [3.8, 4) is 0 Å². The van der Waals surface area contributed by atoms with E-state index in [1.807, 2.05) is 45.0 Å². The van der Waals surface area contributed by atoms with Crippen molar-refractivity contribution >= 4 is 23.5 Å². The van der Waals surface area contributed by atoms with Crippen molar-refractivity contribution in [1.29, 1.82) is 0 Å². The van der Waals surface area contributed by atoms with Gasteiger partial charge in [0.2, 0.25) is 0 Å². The third-order valence-electron chi connectivity index (χ3n) is 2.06. The van der Waals surface area contributed by atoms with Gasteiger partial charge in [0, 0.05) is 10.4 Å². The second-order valence-electron chi connectivity index (χ2n) is 4.47. The number of carbonyl (C=O) groups is 1. The Hall–Kier alpha value is -1.08. The summed E-state index contributed by atoms with van der Waals surface area (Å²) in [7, 11) is 0. The van der Waals surface area contributed by atoms with Gasteiger partial charge in [0.05, 0.1) is 0 Å². The summed E-state index contributed by atoms with van der Waals surface area (Å²) in [5, 5.41) is 0.662. The Balaban J connectivity index is 2.84. The second-order valence-corrected chi connectivity index (χ2v) is 4.88. The van der Waals surface area contributed by atoms with E-state index in [1.54, 1.807) is 12.2 Å². The van der Waals surface area contributed by atoms with E-state index in [1.165, 1.54) is 0 Å². The monoisotopic (exact) mass is 222 g/mol. The van der Waals surface area contributed by atoms with Crippen LogP contribution in [0.5, 0.6) is 0 Å². The molecule has 1 rings (SSSR count). The molecule has 15 heavy (non-hydrogen) atoms. The van der Waals surface area contributed by atoms with Gasteiger partial charge in [-0.2, -0.15) is 0 Å². The van der Waals surface area contributed by atoms with E-state index in [9.17, 15) is 4.79 Å². The maximum atomic E-state index is 11.6. The van der Waals surface area contributed by atoms with Crippen LogP contribution >= 0.6 is 11.6 Å². The van der Waals surface area contributed by atoms with Gasteiger partial charge in [-0.05, 0) is 23.8 Å². The summed E-state index contributed by atoms with van der Waals surface area (Å²) in [6.07, 6.45) is 3.34. The zero-order valence-electron chi connectivity index (χ0n) is 9.25. The van der Waals surface area contributed by atoms with E-state index in [2.05, 4.69) is 0 Å². The van der Waals surface area contributed by atoms with Crippen LogP contribution in [0.15, 0.2) is 30.3 Å². The summed E-state index contributed by atoms with van der Waals surface area (Å²) < 4.78 is 0. The maximum Gasteiger partial charge on any atom is 0.161 e. The van der Waals surface area contributed by atoms with Gasteiger partial charge in [0.1, 0.15) is 0 Å². The number of allylic oxidation sites excluding steroid dienone is 1. The molecule has 1 aromatic carbocycles. The minimum Gasteiger partial charge on any atom is -0.294 e. The third-order valence-corrected chi connectivity index (χ3v) is 2.40. The lowest BCUT2D eigenvalue weighted by atomic mass is 9.90. The number of benzene rings is 1. The molecule has 0 unspecified atom stereocenters. The summed E-state index contributed by atoms with van der Waals surface area (Å²) in [5.41, 5.74) is 0.536. The number of carbonyl (C=O) groups excluding carboxylic acids is 1. The highest BCUT2D eigenvalue weighted by molar-refractivity contribution is 6.32. The van der Waals surface area contributed by atoms with Gasteiger partial charge >= 0.3 is 0 Å². The molecule has 80 valence electrons. The highest BCUT2D eigenvalue weighted by Crippen LogP contribution is 2.19. The smallest absolute Gasteiger partial charge is 0.161 e. The molecule has 0 radical (unpaired) electrons. The minimum atomic E-state index is -0.336. The Kier molecular flexibility index (Phi) is 3.70. The van der Waals surface area contributed by atoms with Crippen molar-refractivity contribution in [2.45, 2.75) is 20.8 Å². The number of rotatable bonds is 2. The van der Waals surface area contributed by atoms with Crippen LogP contribution in [-0.2, 0) is 4.79 Å². The molecular weight excluding hydrogens is 208 g/mol. The van der Waals surface area contributed by atoms with E-state index < -0.39 is 0 Å². The highest BCUT2D eigenvalue weighted by atomic mass is 35.5. The van der Waals surface area contributed by atoms with E-state index in [0.29, 0.717) is 5.02 Å². The van der Waals surface area contributed by atoms with Crippen molar-refractivity contribution < 1.29 is 4.79 Å². The molecular formula is C13H15ClO. The molecule has 0 N–H and O–H groups in total. The molecule has 0 atom stereocenters. The molecule has 0 bridgehead atoms. The molecule has 0 aliphatic rings. The van der Waals surface area contributed by atoms with Gasteiger partial charge in [-0.25, -0.2) is 0 Å². The van der Waals surface area contributed by atoms with E-state index in [0.717, 1.165) is 5.56 Å². The Morgan fingerprint density at radius 1 is 1.27 bits per heavy atom. The van der Waals surface area contributed by atoms with Crippen molar-refractivity contribution in [1.82, 2.24) is 0 Å². The van der Waals surface area contributed by atoms with Crippen molar-refractivity contribution in [2.24, 2.45) is 5.41 Å². The molecule has 0 heterocycles. The van der Waals surface area contributed by atoms with Gasteiger partial charge in [-0.1, -0.05) is 50.6 Å².